The minimum atomic E-state index is -0.253. The van der Waals surface area contributed by atoms with Crippen LogP contribution in [-0.2, 0) is 4.79 Å². The number of carbonyl (C=O) groups excluding carboxylic acids is 1. The van der Waals surface area contributed by atoms with Crippen LogP contribution in [0.2, 0.25) is 0 Å². The van der Waals surface area contributed by atoms with Crippen molar-refractivity contribution in [3.8, 4) is 11.5 Å². The Kier molecular flexibility index (Phi) is 5.24. The number of anilines is 1. The highest BCUT2D eigenvalue weighted by Crippen LogP contribution is 2.35. The molecule has 25 heavy (non-hydrogen) atoms. The Morgan fingerprint density at radius 1 is 1.12 bits per heavy atom. The van der Waals surface area contributed by atoms with E-state index in [1.807, 2.05) is 62.6 Å². The lowest BCUT2D eigenvalue weighted by atomic mass is 10.00. The predicted octanol–water partition coefficient (Wildman–Crippen LogP) is 2.77. The van der Waals surface area contributed by atoms with Crippen LogP contribution in [0.4, 0.5) is 5.69 Å². The Bertz CT molecular complexity index is 728. The second-order valence-corrected chi connectivity index (χ2v) is 6.44. The quantitative estimate of drug-likeness (QED) is 0.811. The van der Waals surface area contributed by atoms with E-state index in [1.54, 1.807) is 11.9 Å². The molecular formula is C20H24N2O3. The molecule has 0 aromatic heterocycles. The van der Waals surface area contributed by atoms with Crippen molar-refractivity contribution >= 4 is 11.6 Å². The zero-order chi connectivity index (χ0) is 17.8. The summed E-state index contributed by atoms with van der Waals surface area (Å²) >= 11 is 0. The summed E-state index contributed by atoms with van der Waals surface area (Å²) in [4.78, 5) is 16.6. The number of para-hydroxylation sites is 1. The number of benzene rings is 2. The third kappa shape index (κ3) is 3.94. The van der Waals surface area contributed by atoms with E-state index in [-0.39, 0.29) is 11.8 Å². The molecule has 0 aliphatic carbocycles. The lowest BCUT2D eigenvalue weighted by Gasteiger charge is -2.21. The van der Waals surface area contributed by atoms with E-state index in [9.17, 15) is 4.79 Å². The molecule has 1 aliphatic rings. The van der Waals surface area contributed by atoms with Gasteiger partial charge in [0, 0.05) is 24.8 Å². The Morgan fingerprint density at radius 2 is 1.84 bits per heavy atom. The van der Waals surface area contributed by atoms with E-state index in [0.29, 0.717) is 13.2 Å². The maximum Gasteiger partial charge on any atom is 0.237 e. The Morgan fingerprint density at radius 3 is 2.56 bits per heavy atom. The first kappa shape index (κ1) is 17.3. The van der Waals surface area contributed by atoms with Crippen molar-refractivity contribution in [2.45, 2.75) is 5.92 Å². The molecule has 0 spiro atoms. The molecule has 0 fully saturated rings. The highest BCUT2D eigenvalue weighted by molar-refractivity contribution is 5.98. The molecule has 2 aromatic carbocycles. The summed E-state index contributed by atoms with van der Waals surface area (Å²) in [6.07, 6.45) is 0. The largest absolute Gasteiger partial charge is 0.492 e. The number of likely N-dealkylation sites (N-methyl/N-ethyl adjacent to an activating group) is 2. The first-order chi connectivity index (χ1) is 12.1. The number of ether oxygens (including phenoxy) is 2. The summed E-state index contributed by atoms with van der Waals surface area (Å²) in [5.74, 6) is 1.39. The highest BCUT2D eigenvalue weighted by Gasteiger charge is 2.32. The fraction of sp³-hybridized carbons (Fsp3) is 0.350. The molecule has 1 amide bonds. The first-order valence-electron chi connectivity index (χ1n) is 8.43. The van der Waals surface area contributed by atoms with Crippen LogP contribution >= 0.6 is 0 Å². The van der Waals surface area contributed by atoms with Gasteiger partial charge in [0.25, 0.3) is 0 Å². The maximum atomic E-state index is 12.8. The van der Waals surface area contributed by atoms with Crippen LogP contribution in [0, 0.1) is 0 Å². The molecular weight excluding hydrogens is 316 g/mol. The second kappa shape index (κ2) is 7.57. The standard InChI is InChI=1S/C20H24N2O3/c1-21(2)12-13-24-16-10-8-15(9-11-16)22(3)20(23)18-14-25-19-7-5-4-6-17(18)19/h4-11,18H,12-14H2,1-3H3. The normalized spacial score (nSPS) is 15.6. The van der Waals surface area contributed by atoms with Gasteiger partial charge in [0.15, 0.2) is 0 Å². The minimum Gasteiger partial charge on any atom is -0.492 e. The fourth-order valence-electron chi connectivity index (χ4n) is 2.84. The Balaban J connectivity index is 1.65. The SMILES string of the molecule is CN(C)CCOc1ccc(N(C)C(=O)C2COc3ccccc32)cc1. The molecule has 1 heterocycles. The van der Waals surface area contributed by atoms with Gasteiger partial charge in [-0.25, -0.2) is 0 Å². The molecule has 0 saturated carbocycles. The molecule has 1 atom stereocenters. The summed E-state index contributed by atoms with van der Waals surface area (Å²) in [6.45, 7) is 1.90. The minimum absolute atomic E-state index is 0.0335. The van der Waals surface area contributed by atoms with Crippen molar-refractivity contribution in [3.05, 3.63) is 54.1 Å². The van der Waals surface area contributed by atoms with Crippen molar-refractivity contribution < 1.29 is 14.3 Å². The van der Waals surface area contributed by atoms with Gasteiger partial charge in [-0.2, -0.15) is 0 Å². The van der Waals surface area contributed by atoms with Crippen LogP contribution in [0.1, 0.15) is 11.5 Å². The molecule has 1 unspecified atom stereocenters. The van der Waals surface area contributed by atoms with Crippen LogP contribution < -0.4 is 14.4 Å². The van der Waals surface area contributed by atoms with Gasteiger partial charge in [0.1, 0.15) is 30.6 Å². The second-order valence-electron chi connectivity index (χ2n) is 6.44. The van der Waals surface area contributed by atoms with Crippen molar-refractivity contribution in [2.75, 3.05) is 45.8 Å². The van der Waals surface area contributed by atoms with Crippen LogP contribution in [0.5, 0.6) is 11.5 Å². The topological polar surface area (TPSA) is 42.0 Å². The van der Waals surface area contributed by atoms with Gasteiger partial charge in [-0.1, -0.05) is 18.2 Å². The summed E-state index contributed by atoms with van der Waals surface area (Å²) in [5.41, 5.74) is 1.80. The monoisotopic (exact) mass is 340 g/mol. The van der Waals surface area contributed by atoms with E-state index in [2.05, 4.69) is 4.90 Å². The highest BCUT2D eigenvalue weighted by atomic mass is 16.5. The average Bonchev–Trinajstić information content (AvgIpc) is 3.05. The molecule has 0 radical (unpaired) electrons. The number of carbonyl (C=O) groups is 1. The lowest BCUT2D eigenvalue weighted by molar-refractivity contribution is -0.119. The van der Waals surface area contributed by atoms with Crippen LogP contribution in [-0.4, -0.2) is 51.7 Å². The molecule has 5 heteroatoms. The molecule has 0 N–H and O–H groups in total. The van der Waals surface area contributed by atoms with Gasteiger partial charge in [0.05, 0.1) is 0 Å². The number of fused-ring (bicyclic) bond motifs is 1. The van der Waals surface area contributed by atoms with Gasteiger partial charge in [-0.05, 0) is 44.4 Å². The first-order valence-corrected chi connectivity index (χ1v) is 8.43. The Hall–Kier alpha value is -2.53. The van der Waals surface area contributed by atoms with Crippen molar-refractivity contribution in [1.29, 1.82) is 0 Å². The van der Waals surface area contributed by atoms with E-state index in [0.717, 1.165) is 29.3 Å². The van der Waals surface area contributed by atoms with Gasteiger partial charge < -0.3 is 19.3 Å². The van der Waals surface area contributed by atoms with E-state index in [1.165, 1.54) is 0 Å². The van der Waals surface area contributed by atoms with E-state index < -0.39 is 0 Å². The zero-order valence-electron chi connectivity index (χ0n) is 14.9. The smallest absolute Gasteiger partial charge is 0.237 e. The summed E-state index contributed by atoms with van der Waals surface area (Å²) < 4.78 is 11.3. The summed E-state index contributed by atoms with van der Waals surface area (Å²) in [7, 11) is 5.82. The lowest BCUT2D eigenvalue weighted by Crippen LogP contribution is -2.32. The van der Waals surface area contributed by atoms with Crippen LogP contribution in [0.15, 0.2) is 48.5 Å². The summed E-state index contributed by atoms with van der Waals surface area (Å²) in [5, 5.41) is 0. The van der Waals surface area contributed by atoms with Crippen LogP contribution in [0.3, 0.4) is 0 Å². The van der Waals surface area contributed by atoms with Gasteiger partial charge in [-0.3, -0.25) is 4.79 Å². The van der Waals surface area contributed by atoms with Gasteiger partial charge in [0.2, 0.25) is 5.91 Å². The van der Waals surface area contributed by atoms with Gasteiger partial charge in [-0.15, -0.1) is 0 Å². The number of rotatable bonds is 6. The third-order valence-electron chi connectivity index (χ3n) is 4.36. The molecule has 132 valence electrons. The van der Waals surface area contributed by atoms with Crippen molar-refractivity contribution in [3.63, 3.8) is 0 Å². The number of nitrogens with zero attached hydrogens (tertiary/aromatic N) is 2. The van der Waals surface area contributed by atoms with Crippen molar-refractivity contribution in [1.82, 2.24) is 4.90 Å². The summed E-state index contributed by atoms with van der Waals surface area (Å²) in [6, 6.07) is 15.3. The fourth-order valence-corrected chi connectivity index (χ4v) is 2.84. The van der Waals surface area contributed by atoms with Crippen molar-refractivity contribution in [2.24, 2.45) is 0 Å². The Labute approximate surface area is 148 Å². The van der Waals surface area contributed by atoms with Gasteiger partial charge >= 0.3 is 0 Å². The average molecular weight is 340 g/mol. The number of hydrogen-bond acceptors (Lipinski definition) is 4. The number of amides is 1. The van der Waals surface area contributed by atoms with E-state index >= 15 is 0 Å². The number of hydrogen-bond donors (Lipinski definition) is 0. The van der Waals surface area contributed by atoms with E-state index in [4.69, 9.17) is 9.47 Å². The predicted molar refractivity (Wildman–Crippen MR) is 98.6 cm³/mol. The zero-order valence-corrected chi connectivity index (χ0v) is 14.9. The molecule has 3 rings (SSSR count). The molecule has 5 nitrogen and oxygen atoms in total. The molecule has 2 aromatic rings. The third-order valence-corrected chi connectivity index (χ3v) is 4.36. The maximum absolute atomic E-state index is 12.8. The molecule has 0 saturated heterocycles. The van der Waals surface area contributed by atoms with Crippen LogP contribution in [0.25, 0.3) is 0 Å². The molecule has 0 bridgehead atoms. The molecule has 1 aliphatic heterocycles.